The molecule has 2 nitrogen and oxygen atoms in total. The van der Waals surface area contributed by atoms with E-state index in [1.807, 2.05) is 0 Å². The van der Waals surface area contributed by atoms with E-state index in [2.05, 4.69) is 0 Å². The van der Waals surface area contributed by atoms with Gasteiger partial charge in [-0.15, -0.1) is 0 Å². The van der Waals surface area contributed by atoms with Gasteiger partial charge in [-0.3, -0.25) is 4.79 Å². The van der Waals surface area contributed by atoms with Gasteiger partial charge in [0.1, 0.15) is 0 Å². The molecule has 0 aliphatic heterocycles. The Hall–Kier alpha value is -1.71. The number of carbonyl (C=O) groups is 1. The van der Waals surface area contributed by atoms with Gasteiger partial charge in [0, 0.05) is 5.57 Å². The topological polar surface area (TPSA) is 37.3 Å². The fourth-order valence-electron chi connectivity index (χ4n) is 1.26. The van der Waals surface area contributed by atoms with Crippen LogP contribution in [0.4, 0.5) is 8.78 Å². The van der Waals surface area contributed by atoms with Crippen LogP contribution < -0.4 is 0 Å². The maximum absolute atomic E-state index is 12.6. The van der Waals surface area contributed by atoms with Crippen LogP contribution in [-0.2, 0) is 4.79 Å². The van der Waals surface area contributed by atoms with E-state index in [1.165, 1.54) is 19.1 Å². The highest BCUT2D eigenvalue weighted by atomic mass is 19.3. The van der Waals surface area contributed by atoms with E-state index in [0.29, 0.717) is 0 Å². The number of aliphatic carboxylic acids is 1. The van der Waals surface area contributed by atoms with E-state index in [-0.39, 0.29) is 5.56 Å². The Morgan fingerprint density at radius 3 is 2.20 bits per heavy atom. The smallest absolute Gasteiger partial charge is 0.310 e. The number of benzene rings is 1. The molecule has 0 radical (unpaired) electrons. The van der Waals surface area contributed by atoms with Crippen molar-refractivity contribution >= 4 is 11.5 Å². The molecule has 4 heteroatoms. The SMILES string of the molecule is CC(C(=O)O)C(=C(F)F)c1ccccc1. The number of halogens is 2. The zero-order valence-corrected chi connectivity index (χ0v) is 8.08. The summed E-state index contributed by atoms with van der Waals surface area (Å²) < 4.78 is 25.2. The van der Waals surface area contributed by atoms with E-state index in [4.69, 9.17) is 5.11 Å². The summed E-state index contributed by atoms with van der Waals surface area (Å²) >= 11 is 0. The van der Waals surface area contributed by atoms with E-state index in [0.717, 1.165) is 0 Å². The van der Waals surface area contributed by atoms with Crippen molar-refractivity contribution in [1.29, 1.82) is 0 Å². The summed E-state index contributed by atoms with van der Waals surface area (Å²) in [4.78, 5) is 10.7. The van der Waals surface area contributed by atoms with Crippen molar-refractivity contribution in [1.82, 2.24) is 0 Å². The Labute approximate surface area is 85.9 Å². The van der Waals surface area contributed by atoms with Gasteiger partial charge in [0.2, 0.25) is 0 Å². The highest BCUT2D eigenvalue weighted by molar-refractivity contribution is 5.87. The van der Waals surface area contributed by atoms with E-state index in [9.17, 15) is 13.6 Å². The second-order valence-corrected chi connectivity index (χ2v) is 3.10. The minimum absolute atomic E-state index is 0.243. The first-order valence-electron chi connectivity index (χ1n) is 4.37. The van der Waals surface area contributed by atoms with Crippen molar-refractivity contribution in [3.05, 3.63) is 42.0 Å². The predicted octanol–water partition coefficient (Wildman–Crippen LogP) is 3.01. The van der Waals surface area contributed by atoms with E-state index in [1.54, 1.807) is 18.2 Å². The van der Waals surface area contributed by atoms with Crippen LogP contribution in [0.5, 0.6) is 0 Å². The Morgan fingerprint density at radius 1 is 1.27 bits per heavy atom. The number of rotatable bonds is 3. The lowest BCUT2D eigenvalue weighted by molar-refractivity contribution is -0.139. The van der Waals surface area contributed by atoms with Crippen molar-refractivity contribution in [3.8, 4) is 0 Å². The minimum atomic E-state index is -1.95. The average molecular weight is 212 g/mol. The van der Waals surface area contributed by atoms with Gasteiger partial charge < -0.3 is 5.11 Å². The highest BCUT2D eigenvalue weighted by Gasteiger charge is 2.22. The van der Waals surface area contributed by atoms with Gasteiger partial charge in [-0.2, -0.15) is 8.78 Å². The minimum Gasteiger partial charge on any atom is -0.481 e. The molecule has 0 aliphatic carbocycles. The maximum Gasteiger partial charge on any atom is 0.310 e. The molecular weight excluding hydrogens is 202 g/mol. The molecule has 1 rings (SSSR count). The molecule has 0 fully saturated rings. The Balaban J connectivity index is 3.18. The molecule has 0 aliphatic rings. The van der Waals surface area contributed by atoms with Gasteiger partial charge in [-0.05, 0) is 12.5 Å². The van der Waals surface area contributed by atoms with Crippen molar-refractivity contribution < 1.29 is 18.7 Å². The number of hydrogen-bond acceptors (Lipinski definition) is 1. The fourth-order valence-corrected chi connectivity index (χ4v) is 1.26. The Morgan fingerprint density at radius 2 is 1.80 bits per heavy atom. The first-order chi connectivity index (χ1) is 7.04. The van der Waals surface area contributed by atoms with Crippen molar-refractivity contribution in [2.24, 2.45) is 5.92 Å². The van der Waals surface area contributed by atoms with Crippen LogP contribution >= 0.6 is 0 Å². The van der Waals surface area contributed by atoms with Crippen LogP contribution in [0.1, 0.15) is 12.5 Å². The molecule has 1 unspecified atom stereocenters. The lowest BCUT2D eigenvalue weighted by atomic mass is 9.95. The maximum atomic E-state index is 12.6. The summed E-state index contributed by atoms with van der Waals surface area (Å²) in [6, 6.07) is 7.80. The second kappa shape index (κ2) is 4.68. The molecule has 0 saturated heterocycles. The van der Waals surface area contributed by atoms with Crippen LogP contribution in [0.2, 0.25) is 0 Å². The molecule has 0 aromatic heterocycles. The van der Waals surface area contributed by atoms with Crippen LogP contribution in [0.3, 0.4) is 0 Å². The highest BCUT2D eigenvalue weighted by Crippen LogP contribution is 2.28. The van der Waals surface area contributed by atoms with E-state index < -0.39 is 23.5 Å². The second-order valence-electron chi connectivity index (χ2n) is 3.10. The van der Waals surface area contributed by atoms with Crippen molar-refractivity contribution in [3.63, 3.8) is 0 Å². The summed E-state index contributed by atoms with van der Waals surface area (Å²) in [6.45, 7) is 1.24. The summed E-state index contributed by atoms with van der Waals surface area (Å²) in [6.07, 6.45) is -1.95. The summed E-state index contributed by atoms with van der Waals surface area (Å²) in [5.74, 6) is -2.47. The third kappa shape index (κ3) is 2.62. The molecule has 0 saturated carbocycles. The molecular formula is C11H10F2O2. The zero-order chi connectivity index (χ0) is 11.4. The average Bonchev–Trinajstić information content (AvgIpc) is 2.18. The van der Waals surface area contributed by atoms with Crippen LogP contribution in [0, 0.1) is 5.92 Å². The van der Waals surface area contributed by atoms with Crippen molar-refractivity contribution in [2.75, 3.05) is 0 Å². The zero-order valence-electron chi connectivity index (χ0n) is 8.08. The largest absolute Gasteiger partial charge is 0.481 e. The van der Waals surface area contributed by atoms with E-state index >= 15 is 0 Å². The van der Waals surface area contributed by atoms with Gasteiger partial charge in [-0.1, -0.05) is 30.3 Å². The number of carboxylic acids is 1. The molecule has 15 heavy (non-hydrogen) atoms. The standard InChI is InChI=1S/C11H10F2O2/c1-7(11(14)15)9(10(12)13)8-5-3-2-4-6-8/h2-7H,1H3,(H,14,15). The fraction of sp³-hybridized carbons (Fsp3) is 0.182. The summed E-state index contributed by atoms with van der Waals surface area (Å²) in [5, 5.41) is 8.70. The Kier molecular flexibility index (Phi) is 3.55. The summed E-state index contributed by atoms with van der Waals surface area (Å²) in [5.41, 5.74) is -0.185. The first-order valence-corrected chi connectivity index (χ1v) is 4.37. The normalized spacial score (nSPS) is 11.9. The molecule has 1 aromatic rings. The molecule has 1 aromatic carbocycles. The third-order valence-corrected chi connectivity index (χ3v) is 2.09. The molecule has 0 spiro atoms. The van der Waals surface area contributed by atoms with Crippen LogP contribution in [0.25, 0.3) is 5.57 Å². The molecule has 0 amide bonds. The van der Waals surface area contributed by atoms with Gasteiger partial charge in [0.25, 0.3) is 6.08 Å². The monoisotopic (exact) mass is 212 g/mol. The van der Waals surface area contributed by atoms with Crippen LogP contribution in [-0.4, -0.2) is 11.1 Å². The third-order valence-electron chi connectivity index (χ3n) is 2.09. The molecule has 0 heterocycles. The lowest BCUT2D eigenvalue weighted by Gasteiger charge is -2.10. The van der Waals surface area contributed by atoms with Gasteiger partial charge in [-0.25, -0.2) is 0 Å². The quantitative estimate of drug-likeness (QED) is 0.836. The molecule has 0 bridgehead atoms. The number of carboxylic acid groups (broad SMARTS) is 1. The van der Waals surface area contributed by atoms with Crippen molar-refractivity contribution in [2.45, 2.75) is 6.92 Å². The summed E-state index contributed by atoms with van der Waals surface area (Å²) in [7, 11) is 0. The van der Waals surface area contributed by atoms with Gasteiger partial charge in [0.05, 0.1) is 5.92 Å². The van der Waals surface area contributed by atoms with Gasteiger partial charge >= 0.3 is 5.97 Å². The first kappa shape index (κ1) is 11.4. The Bertz CT molecular complexity index is 381. The van der Waals surface area contributed by atoms with Gasteiger partial charge in [0.15, 0.2) is 0 Å². The molecule has 1 N–H and O–H groups in total. The lowest BCUT2D eigenvalue weighted by Crippen LogP contribution is -2.12. The number of hydrogen-bond donors (Lipinski definition) is 1. The van der Waals surface area contributed by atoms with Crippen LogP contribution in [0.15, 0.2) is 36.4 Å². The predicted molar refractivity (Wildman–Crippen MR) is 52.4 cm³/mol. The molecule has 80 valence electrons. The molecule has 1 atom stereocenters.